The van der Waals surface area contributed by atoms with Crippen molar-refractivity contribution in [3.05, 3.63) is 47.5 Å². The second-order valence-corrected chi connectivity index (χ2v) is 8.97. The molecule has 3 heterocycles. The highest BCUT2D eigenvalue weighted by molar-refractivity contribution is 7.80. The highest BCUT2D eigenvalue weighted by atomic mass is 32.1. The monoisotopic (exact) mass is 550 g/mol. The van der Waals surface area contributed by atoms with E-state index in [1.165, 1.54) is 17.0 Å². The van der Waals surface area contributed by atoms with E-state index in [9.17, 15) is 9.59 Å². The van der Waals surface area contributed by atoms with Crippen molar-refractivity contribution in [2.45, 2.75) is 19.6 Å². The lowest BCUT2D eigenvalue weighted by molar-refractivity contribution is 0.142. The third-order valence-electron chi connectivity index (χ3n) is 5.94. The second-order valence-electron chi connectivity index (χ2n) is 8.60. The van der Waals surface area contributed by atoms with E-state index in [1.807, 2.05) is 6.92 Å². The van der Waals surface area contributed by atoms with Crippen molar-refractivity contribution in [1.82, 2.24) is 31.0 Å². The molecule has 204 valence electrons. The zero-order valence-electron chi connectivity index (χ0n) is 20.9. The minimum absolute atomic E-state index is 0.0405. The number of nitrogens with one attached hydrogen (secondary N) is 3. The van der Waals surface area contributed by atoms with Crippen molar-refractivity contribution in [1.29, 1.82) is 0 Å². The summed E-state index contributed by atoms with van der Waals surface area (Å²) in [6.07, 6.45) is 1.90. The van der Waals surface area contributed by atoms with Crippen LogP contribution in [0.15, 0.2) is 24.5 Å². The molecule has 0 saturated carbocycles. The molecule has 2 aliphatic rings. The predicted molar refractivity (Wildman–Crippen MR) is 138 cm³/mol. The van der Waals surface area contributed by atoms with Crippen LogP contribution < -0.4 is 25.9 Å². The Morgan fingerprint density at radius 1 is 1.21 bits per heavy atom. The molecule has 2 aromatic rings. The summed E-state index contributed by atoms with van der Waals surface area (Å²) in [4.78, 5) is 35.9. The lowest BCUT2D eigenvalue weighted by Crippen LogP contribution is -2.48. The number of halogens is 2. The van der Waals surface area contributed by atoms with Gasteiger partial charge < -0.3 is 25.0 Å². The van der Waals surface area contributed by atoms with E-state index in [2.05, 4.69) is 26.0 Å². The molecule has 4 rings (SSSR count). The summed E-state index contributed by atoms with van der Waals surface area (Å²) in [5.74, 6) is -1.66. The Hall–Kier alpha value is -3.85. The van der Waals surface area contributed by atoms with Gasteiger partial charge in [-0.25, -0.2) is 23.8 Å². The molecule has 0 unspecified atom stereocenters. The maximum atomic E-state index is 15.2. The van der Waals surface area contributed by atoms with Crippen LogP contribution in [0, 0.1) is 18.6 Å². The van der Waals surface area contributed by atoms with Gasteiger partial charge in [0.05, 0.1) is 56.6 Å². The first-order valence-corrected chi connectivity index (χ1v) is 12.3. The van der Waals surface area contributed by atoms with Gasteiger partial charge in [0.25, 0.3) is 5.17 Å². The van der Waals surface area contributed by atoms with E-state index in [0.29, 0.717) is 5.69 Å². The van der Waals surface area contributed by atoms with E-state index in [0.717, 1.165) is 22.7 Å². The zero-order valence-corrected chi connectivity index (χ0v) is 21.7. The molecular formula is C23H28F2N8O4S. The Bertz CT molecular complexity index is 1170. The summed E-state index contributed by atoms with van der Waals surface area (Å²) in [6.45, 7) is 3.15. The summed E-state index contributed by atoms with van der Waals surface area (Å²) < 4.78 is 40.4. The normalized spacial score (nSPS) is 17.6. The van der Waals surface area contributed by atoms with E-state index < -0.39 is 29.9 Å². The number of anilines is 2. The molecular weight excluding hydrogens is 522 g/mol. The predicted octanol–water partition coefficient (Wildman–Crippen LogP) is 1.45. The number of carbonyl (C=O) groups excluding carboxylic acids is 2. The standard InChI is InChI=1S/C23H28F2N8O4S/c1-14-9-27-15(10-26-14)11-28-21(34)33-6-5-31(4-3-30-33)20-18(24)7-16(8-19(20)25)32-13-17(37-23(32)35)12-29-22(38)36-2/h7-10,17,30H,3-6,11-13H2,1-2H3,(H,28,34)(H,29,38)/t17-/m0/s1. The molecule has 1 aromatic carbocycles. The largest absolute Gasteiger partial charge is 0.474 e. The van der Waals surface area contributed by atoms with E-state index in [4.69, 9.17) is 21.7 Å². The number of aryl methyl sites for hydroxylation is 1. The number of ether oxygens (including phenoxy) is 2. The molecule has 2 saturated heterocycles. The summed E-state index contributed by atoms with van der Waals surface area (Å²) in [6, 6.07) is 1.80. The molecule has 3 amide bonds. The van der Waals surface area contributed by atoms with Crippen molar-refractivity contribution >= 4 is 40.9 Å². The molecule has 1 aromatic heterocycles. The van der Waals surface area contributed by atoms with Crippen LogP contribution in [0.3, 0.4) is 0 Å². The van der Waals surface area contributed by atoms with Crippen LogP contribution in [-0.2, 0) is 16.0 Å². The summed E-state index contributed by atoms with van der Waals surface area (Å²) >= 11 is 4.90. The van der Waals surface area contributed by atoms with Crippen molar-refractivity contribution in [2.24, 2.45) is 0 Å². The Morgan fingerprint density at radius 3 is 2.66 bits per heavy atom. The molecule has 12 nitrogen and oxygen atoms in total. The maximum Gasteiger partial charge on any atom is 0.414 e. The van der Waals surface area contributed by atoms with Crippen LogP contribution >= 0.6 is 12.2 Å². The molecule has 15 heteroatoms. The fourth-order valence-corrected chi connectivity index (χ4v) is 4.10. The van der Waals surface area contributed by atoms with Gasteiger partial charge in [-0.3, -0.25) is 19.9 Å². The van der Waals surface area contributed by atoms with Gasteiger partial charge >= 0.3 is 12.1 Å². The van der Waals surface area contributed by atoms with Crippen LogP contribution in [-0.4, -0.2) is 84.8 Å². The average Bonchev–Trinajstić information content (AvgIpc) is 3.10. The Kier molecular flexibility index (Phi) is 8.68. The Balaban J connectivity index is 1.36. The number of thiocarbonyl (C=S) groups is 1. The highest BCUT2D eigenvalue weighted by Gasteiger charge is 2.34. The number of methoxy groups -OCH3 is 1. The van der Waals surface area contributed by atoms with E-state index >= 15 is 8.78 Å². The number of benzene rings is 1. The number of hydrogen-bond acceptors (Lipinski definition) is 9. The molecule has 3 N–H and O–H groups in total. The molecule has 0 radical (unpaired) electrons. The van der Waals surface area contributed by atoms with Crippen molar-refractivity contribution in [3.8, 4) is 0 Å². The van der Waals surface area contributed by atoms with Gasteiger partial charge in [-0.15, -0.1) is 0 Å². The quantitative estimate of drug-likeness (QED) is 0.455. The van der Waals surface area contributed by atoms with Gasteiger partial charge in [0.2, 0.25) is 0 Å². The van der Waals surface area contributed by atoms with Crippen LogP contribution in [0.1, 0.15) is 11.4 Å². The minimum Gasteiger partial charge on any atom is -0.474 e. The third kappa shape index (κ3) is 6.52. The number of nitrogens with zero attached hydrogens (tertiary/aromatic N) is 5. The van der Waals surface area contributed by atoms with Crippen molar-refractivity contribution in [3.63, 3.8) is 0 Å². The van der Waals surface area contributed by atoms with E-state index in [1.54, 1.807) is 12.4 Å². The zero-order chi connectivity index (χ0) is 27.2. The second kappa shape index (κ2) is 12.1. The first kappa shape index (κ1) is 27.2. The summed E-state index contributed by atoms with van der Waals surface area (Å²) in [5, 5.41) is 7.03. The van der Waals surface area contributed by atoms with Crippen LogP contribution in [0.2, 0.25) is 0 Å². The number of hydrogen-bond donors (Lipinski definition) is 3. The molecule has 2 fully saturated rings. The molecule has 0 bridgehead atoms. The van der Waals surface area contributed by atoms with Crippen LogP contribution in [0.4, 0.5) is 29.7 Å². The maximum absolute atomic E-state index is 15.2. The average molecular weight is 551 g/mol. The van der Waals surface area contributed by atoms with Crippen LogP contribution in [0.25, 0.3) is 0 Å². The lowest BCUT2D eigenvalue weighted by Gasteiger charge is -2.25. The smallest absolute Gasteiger partial charge is 0.414 e. The van der Waals surface area contributed by atoms with Gasteiger partial charge in [0.15, 0.2) is 11.6 Å². The van der Waals surface area contributed by atoms with Gasteiger partial charge in [0, 0.05) is 38.0 Å². The summed E-state index contributed by atoms with van der Waals surface area (Å²) in [5.41, 5.74) is 4.14. The Morgan fingerprint density at radius 2 is 1.97 bits per heavy atom. The van der Waals surface area contributed by atoms with Crippen molar-refractivity contribution < 1.29 is 27.8 Å². The summed E-state index contributed by atoms with van der Waals surface area (Å²) in [7, 11) is 1.41. The third-order valence-corrected chi connectivity index (χ3v) is 6.25. The number of urea groups is 1. The number of cyclic esters (lactones) is 1. The number of rotatable bonds is 6. The molecule has 0 aliphatic carbocycles. The number of hydrazine groups is 1. The van der Waals surface area contributed by atoms with Gasteiger partial charge in [0.1, 0.15) is 11.8 Å². The molecule has 38 heavy (non-hydrogen) atoms. The minimum atomic E-state index is -0.828. The topological polar surface area (TPSA) is 124 Å². The molecule has 0 spiro atoms. The SMILES string of the molecule is COC(=S)NC[C@H]1CN(c2cc(F)c(N3CCNN(C(=O)NCc4cnc(C)cn4)CC3)c(F)c2)C(=O)O1. The van der Waals surface area contributed by atoms with Gasteiger partial charge in [-0.05, 0) is 19.1 Å². The first-order chi connectivity index (χ1) is 18.2. The molecule has 2 aliphatic heterocycles. The van der Waals surface area contributed by atoms with Crippen LogP contribution in [0.5, 0.6) is 0 Å². The Labute approximate surface area is 223 Å². The first-order valence-electron chi connectivity index (χ1n) is 11.9. The lowest BCUT2D eigenvalue weighted by atomic mass is 10.2. The number of amides is 3. The fraction of sp³-hybridized carbons (Fsp3) is 0.435. The fourth-order valence-electron chi connectivity index (χ4n) is 4.02. The van der Waals surface area contributed by atoms with Gasteiger partial charge in [-0.2, -0.15) is 0 Å². The van der Waals surface area contributed by atoms with E-state index in [-0.39, 0.29) is 62.4 Å². The molecule has 1 atom stereocenters. The number of carbonyl (C=O) groups is 2. The van der Waals surface area contributed by atoms with Gasteiger partial charge in [-0.1, -0.05) is 0 Å². The number of aromatic nitrogens is 2. The highest BCUT2D eigenvalue weighted by Crippen LogP contribution is 2.31. The van der Waals surface area contributed by atoms with Crippen molar-refractivity contribution in [2.75, 3.05) is 56.2 Å².